The summed E-state index contributed by atoms with van der Waals surface area (Å²) in [6, 6.07) is 0.868. The highest BCUT2D eigenvalue weighted by molar-refractivity contribution is 4.85. The molecule has 88 valence electrons. The number of ether oxygens (including phenoxy) is 1. The first-order valence-corrected chi connectivity index (χ1v) is 6.60. The first-order valence-electron chi connectivity index (χ1n) is 6.60. The van der Waals surface area contributed by atoms with E-state index in [2.05, 4.69) is 11.8 Å². The van der Waals surface area contributed by atoms with Crippen LogP contribution < -0.4 is 0 Å². The molecule has 2 rings (SSSR count). The van der Waals surface area contributed by atoms with Crippen LogP contribution >= 0.6 is 0 Å². The Morgan fingerprint density at radius 3 is 2.40 bits per heavy atom. The van der Waals surface area contributed by atoms with Gasteiger partial charge in [0.15, 0.2) is 0 Å². The highest BCUT2D eigenvalue weighted by Gasteiger charge is 2.30. The number of nitrogens with zero attached hydrogens (tertiary/aromatic N) is 1. The topological polar surface area (TPSA) is 12.5 Å². The molecule has 0 aromatic rings. The summed E-state index contributed by atoms with van der Waals surface area (Å²) >= 11 is 0. The Labute approximate surface area is 94.0 Å². The fraction of sp³-hybridized carbons (Fsp3) is 1.00. The van der Waals surface area contributed by atoms with Gasteiger partial charge in [-0.3, -0.25) is 0 Å². The summed E-state index contributed by atoms with van der Waals surface area (Å²) in [4.78, 5) is 2.74. The van der Waals surface area contributed by atoms with Gasteiger partial charge in [0.2, 0.25) is 0 Å². The second kappa shape index (κ2) is 5.31. The average Bonchev–Trinajstić information content (AvgIpc) is 2.78. The maximum Gasteiger partial charge on any atom is 0.0572 e. The van der Waals surface area contributed by atoms with Gasteiger partial charge in [0, 0.05) is 19.7 Å². The minimum atomic E-state index is 0.547. The maximum atomic E-state index is 5.43. The van der Waals surface area contributed by atoms with Crippen LogP contribution in [0.5, 0.6) is 0 Å². The minimum absolute atomic E-state index is 0.547. The first kappa shape index (κ1) is 11.4. The predicted molar refractivity (Wildman–Crippen MR) is 63.0 cm³/mol. The van der Waals surface area contributed by atoms with Gasteiger partial charge in [-0.15, -0.1) is 0 Å². The van der Waals surface area contributed by atoms with Crippen LogP contribution in [0, 0.1) is 5.92 Å². The zero-order chi connectivity index (χ0) is 10.7. The Bertz CT molecular complexity index is 187. The van der Waals surface area contributed by atoms with Crippen LogP contribution in [0.15, 0.2) is 0 Å². The van der Waals surface area contributed by atoms with Gasteiger partial charge in [0.1, 0.15) is 0 Å². The molecule has 0 aromatic heterocycles. The molecular weight excluding hydrogens is 186 g/mol. The normalized spacial score (nSPS) is 38.4. The van der Waals surface area contributed by atoms with Crippen molar-refractivity contribution < 1.29 is 4.74 Å². The number of likely N-dealkylation sites (tertiary alicyclic amines) is 1. The molecule has 0 spiro atoms. The smallest absolute Gasteiger partial charge is 0.0572 e. The minimum Gasteiger partial charge on any atom is -0.381 e. The monoisotopic (exact) mass is 211 g/mol. The molecule has 1 aliphatic carbocycles. The molecule has 0 N–H and O–H groups in total. The van der Waals surface area contributed by atoms with E-state index < -0.39 is 0 Å². The lowest BCUT2D eigenvalue weighted by atomic mass is 9.92. The number of hydrogen-bond acceptors (Lipinski definition) is 2. The molecular formula is C13H25NO. The molecule has 0 radical (unpaired) electrons. The third-order valence-electron chi connectivity index (χ3n) is 4.39. The van der Waals surface area contributed by atoms with Crippen molar-refractivity contribution in [2.75, 3.05) is 20.2 Å². The van der Waals surface area contributed by atoms with Crippen molar-refractivity contribution in [2.45, 2.75) is 57.6 Å². The van der Waals surface area contributed by atoms with Crippen LogP contribution in [0.25, 0.3) is 0 Å². The second-order valence-electron chi connectivity index (χ2n) is 5.22. The fourth-order valence-electron chi connectivity index (χ4n) is 3.17. The number of rotatable bonds is 3. The van der Waals surface area contributed by atoms with Crippen LogP contribution in [0.3, 0.4) is 0 Å². The van der Waals surface area contributed by atoms with Crippen molar-refractivity contribution in [3.05, 3.63) is 0 Å². The van der Waals surface area contributed by atoms with Crippen molar-refractivity contribution in [2.24, 2.45) is 5.92 Å². The molecule has 1 aliphatic heterocycles. The van der Waals surface area contributed by atoms with E-state index in [0.29, 0.717) is 6.10 Å². The molecule has 0 amide bonds. The van der Waals surface area contributed by atoms with Crippen LogP contribution in [0.1, 0.15) is 45.4 Å². The summed E-state index contributed by atoms with van der Waals surface area (Å²) in [7, 11) is 1.86. The Kier molecular flexibility index (Phi) is 4.04. The predicted octanol–water partition coefficient (Wildman–Crippen LogP) is 2.68. The molecule has 15 heavy (non-hydrogen) atoms. The summed E-state index contributed by atoms with van der Waals surface area (Å²) in [6.07, 6.45) is 8.60. The van der Waals surface area contributed by atoms with E-state index in [-0.39, 0.29) is 0 Å². The summed E-state index contributed by atoms with van der Waals surface area (Å²) in [5.41, 5.74) is 0. The molecule has 1 saturated carbocycles. The molecule has 1 unspecified atom stereocenters. The maximum absolute atomic E-state index is 5.43. The summed E-state index contributed by atoms with van der Waals surface area (Å²) in [5.74, 6) is 0.977. The van der Waals surface area contributed by atoms with Gasteiger partial charge in [0.25, 0.3) is 0 Å². The van der Waals surface area contributed by atoms with E-state index in [1.165, 1.54) is 51.6 Å². The van der Waals surface area contributed by atoms with E-state index in [0.717, 1.165) is 12.0 Å². The summed E-state index contributed by atoms with van der Waals surface area (Å²) in [6.45, 7) is 5.04. The lowest BCUT2D eigenvalue weighted by molar-refractivity contribution is 0.0429. The zero-order valence-electron chi connectivity index (χ0n) is 10.2. The van der Waals surface area contributed by atoms with Crippen molar-refractivity contribution in [3.63, 3.8) is 0 Å². The molecule has 2 fully saturated rings. The first-order chi connectivity index (χ1) is 7.33. The molecule has 2 heteroatoms. The quantitative estimate of drug-likeness (QED) is 0.711. The van der Waals surface area contributed by atoms with Crippen molar-refractivity contribution in [3.8, 4) is 0 Å². The van der Waals surface area contributed by atoms with Gasteiger partial charge in [-0.05, 0) is 44.6 Å². The molecule has 1 atom stereocenters. The van der Waals surface area contributed by atoms with Crippen LogP contribution in [-0.2, 0) is 4.74 Å². The van der Waals surface area contributed by atoms with E-state index in [1.54, 1.807) is 0 Å². The Balaban J connectivity index is 1.76. The Morgan fingerprint density at radius 2 is 1.87 bits per heavy atom. The van der Waals surface area contributed by atoms with E-state index >= 15 is 0 Å². The standard InChI is InChI=1S/C13H25NO/c1-3-11-8-9-14(10-11)12-4-6-13(15-2)7-5-12/h11-13H,3-10H2,1-2H3. The summed E-state index contributed by atoms with van der Waals surface area (Å²) < 4.78 is 5.43. The molecule has 2 nitrogen and oxygen atoms in total. The van der Waals surface area contributed by atoms with E-state index in [4.69, 9.17) is 4.74 Å². The van der Waals surface area contributed by atoms with E-state index in [9.17, 15) is 0 Å². The Morgan fingerprint density at radius 1 is 1.13 bits per heavy atom. The SMILES string of the molecule is CCC1CCN(C2CCC(OC)CC2)C1. The molecule has 0 bridgehead atoms. The van der Waals surface area contributed by atoms with Crippen molar-refractivity contribution >= 4 is 0 Å². The molecule has 2 aliphatic rings. The number of hydrogen-bond donors (Lipinski definition) is 0. The zero-order valence-corrected chi connectivity index (χ0v) is 10.2. The summed E-state index contributed by atoms with van der Waals surface area (Å²) in [5, 5.41) is 0. The highest BCUT2D eigenvalue weighted by atomic mass is 16.5. The third-order valence-corrected chi connectivity index (χ3v) is 4.39. The largest absolute Gasteiger partial charge is 0.381 e. The van der Waals surface area contributed by atoms with Gasteiger partial charge in [-0.1, -0.05) is 13.3 Å². The van der Waals surface area contributed by atoms with Gasteiger partial charge < -0.3 is 9.64 Å². The van der Waals surface area contributed by atoms with Gasteiger partial charge in [-0.2, -0.15) is 0 Å². The van der Waals surface area contributed by atoms with Crippen LogP contribution in [-0.4, -0.2) is 37.2 Å². The fourth-order valence-corrected chi connectivity index (χ4v) is 3.17. The van der Waals surface area contributed by atoms with Gasteiger partial charge >= 0.3 is 0 Å². The second-order valence-corrected chi connectivity index (χ2v) is 5.22. The number of methoxy groups -OCH3 is 1. The third kappa shape index (κ3) is 2.73. The Hall–Kier alpha value is -0.0800. The van der Waals surface area contributed by atoms with Gasteiger partial charge in [-0.25, -0.2) is 0 Å². The van der Waals surface area contributed by atoms with Crippen LogP contribution in [0.4, 0.5) is 0 Å². The van der Waals surface area contributed by atoms with Crippen molar-refractivity contribution in [1.29, 1.82) is 0 Å². The van der Waals surface area contributed by atoms with Gasteiger partial charge in [0.05, 0.1) is 6.10 Å². The lowest BCUT2D eigenvalue weighted by Gasteiger charge is -2.34. The molecule has 1 saturated heterocycles. The molecule has 1 heterocycles. The average molecular weight is 211 g/mol. The van der Waals surface area contributed by atoms with Crippen LogP contribution in [0.2, 0.25) is 0 Å². The van der Waals surface area contributed by atoms with Crippen molar-refractivity contribution in [1.82, 2.24) is 4.90 Å². The lowest BCUT2D eigenvalue weighted by Crippen LogP contribution is -2.37. The van der Waals surface area contributed by atoms with E-state index in [1.807, 2.05) is 7.11 Å². The molecule has 0 aromatic carbocycles. The highest BCUT2D eigenvalue weighted by Crippen LogP contribution is 2.29.